The second-order valence-corrected chi connectivity index (χ2v) is 19.5. The van der Waals surface area contributed by atoms with Crippen molar-refractivity contribution in [1.29, 1.82) is 0 Å². The van der Waals surface area contributed by atoms with Gasteiger partial charge in [0.2, 0.25) is 0 Å². The molecule has 0 bridgehead atoms. The molecule has 0 atom stereocenters. The molecule has 0 spiro atoms. The standard InChI is InChI=1S/C16H16O2.C15H15BrO.C9H11BrO.C8H10O2.C7H6O2.2C6H6O.C3H4O3.CO/c17-13-15-10-8-14(9-11-15)5-4-12-18-16-6-2-1-3-7-16;16-14-10-8-13(9-11-14)5-4-12-17-15-6-2-1-3-7-15;10-9-5-3-8(4-6-9)2-1-7-11;9-6-7-10-8-4-2-1-3-5-8;8-5-6-1-3-7(9)4-2-6;2*7-6-4-2-1-3-5-6;4-3-5-1-2-6-3;1-2/h1-3,6-11,13H,4-5,12H2;1-3,6-11H,4-5,12H2;3-6,11H,1-2,7H2;1-5,9H,6-7H2;1-5,9H;2*1-5,7H;1-2H2;. The van der Waals surface area contributed by atoms with Gasteiger partial charge in [-0.15, -0.1) is 0 Å². The summed E-state index contributed by atoms with van der Waals surface area (Å²) in [5.41, 5.74) is 5.16. The first-order valence-electron chi connectivity index (χ1n) is 27.5. The minimum absolute atomic E-state index is 0.0644. The molecule has 0 aromatic heterocycles. The van der Waals surface area contributed by atoms with Crippen molar-refractivity contribution in [2.45, 2.75) is 38.5 Å². The van der Waals surface area contributed by atoms with Gasteiger partial charge in [0.05, 0.1) is 19.8 Å². The molecule has 0 saturated carbocycles. The number of hydrogen-bond donors (Lipinski definition) is 5. The molecule has 1 fully saturated rings. The Morgan fingerprint density at radius 3 is 0.954 bits per heavy atom. The van der Waals surface area contributed by atoms with Crippen LogP contribution in [0.3, 0.4) is 0 Å². The van der Waals surface area contributed by atoms with Crippen LogP contribution in [0.1, 0.15) is 56.7 Å². The summed E-state index contributed by atoms with van der Waals surface area (Å²) in [6.07, 6.45) is 6.89. The number of aromatic hydroxyl groups is 3. The summed E-state index contributed by atoms with van der Waals surface area (Å²) >= 11 is 6.80. The Morgan fingerprint density at radius 1 is 0.391 bits per heavy atom. The predicted octanol–water partition coefficient (Wildman–Crippen LogP) is 15.5. The number of cyclic esters (lactones) is 2. The Kier molecular flexibility index (Phi) is 42.9. The van der Waals surface area contributed by atoms with Gasteiger partial charge in [0.25, 0.3) is 0 Å². The number of carbonyl (C=O) groups is 3. The van der Waals surface area contributed by atoms with E-state index in [1.54, 1.807) is 60.7 Å². The fourth-order valence-corrected chi connectivity index (χ4v) is 7.22. The number of hydrogen-bond acceptors (Lipinski definition) is 13. The van der Waals surface area contributed by atoms with Crippen LogP contribution in [0, 0.1) is 6.65 Å². The van der Waals surface area contributed by atoms with Crippen molar-refractivity contribution in [3.63, 3.8) is 0 Å². The number of para-hydroxylation sites is 5. The number of aliphatic hydroxyl groups is 2. The summed E-state index contributed by atoms with van der Waals surface area (Å²) in [7, 11) is 0. The number of aldehydes is 2. The maximum atomic E-state index is 10.5. The molecule has 1 heterocycles. The Hall–Kier alpha value is -8.99. The third-order valence-electron chi connectivity index (χ3n) is 11.0. The van der Waals surface area contributed by atoms with E-state index in [1.165, 1.54) is 28.8 Å². The van der Waals surface area contributed by atoms with Gasteiger partial charge < -0.3 is 49.2 Å². The Bertz CT molecular complexity index is 3040. The van der Waals surface area contributed by atoms with Gasteiger partial charge in [-0.2, -0.15) is 0 Å². The maximum absolute atomic E-state index is 10.5. The number of phenols is 3. The topological polar surface area (TPSA) is 218 Å². The van der Waals surface area contributed by atoms with Crippen LogP contribution in [0.25, 0.3) is 0 Å². The molecular formula is C71H74Br2O14. The summed E-state index contributed by atoms with van der Waals surface area (Å²) in [5.74, 6) is 3.49. The minimum atomic E-state index is -0.546. The third kappa shape index (κ3) is 40.1. The van der Waals surface area contributed by atoms with Gasteiger partial charge in [0, 0.05) is 26.7 Å². The van der Waals surface area contributed by atoms with Crippen molar-refractivity contribution >= 4 is 50.6 Å². The Labute approximate surface area is 527 Å². The molecule has 1 aliphatic heterocycles. The van der Waals surface area contributed by atoms with Gasteiger partial charge in [-0.25, -0.2) is 4.79 Å². The molecule has 0 radical (unpaired) electrons. The van der Waals surface area contributed by atoms with Crippen molar-refractivity contribution in [3.05, 3.63) is 292 Å². The van der Waals surface area contributed by atoms with E-state index < -0.39 is 6.16 Å². The summed E-state index contributed by atoms with van der Waals surface area (Å²) < 4.78 is 34.7. The molecule has 87 heavy (non-hydrogen) atoms. The van der Waals surface area contributed by atoms with E-state index in [-0.39, 0.29) is 19.0 Å². The molecule has 456 valence electrons. The second kappa shape index (κ2) is 50.3. The fourth-order valence-electron chi connectivity index (χ4n) is 6.70. The molecule has 1 saturated heterocycles. The van der Waals surface area contributed by atoms with Crippen LogP contribution in [-0.2, 0) is 33.4 Å². The predicted molar refractivity (Wildman–Crippen MR) is 346 cm³/mol. The average Bonchev–Trinajstić information content (AvgIpc) is 4.11. The normalized spacial score (nSPS) is 10.1. The number of halogens is 2. The first kappa shape index (κ1) is 74.1. The van der Waals surface area contributed by atoms with Gasteiger partial charge in [-0.05, 0) is 164 Å². The van der Waals surface area contributed by atoms with E-state index in [1.807, 2.05) is 140 Å². The van der Waals surface area contributed by atoms with Crippen molar-refractivity contribution in [2.24, 2.45) is 0 Å². The summed E-state index contributed by atoms with van der Waals surface area (Å²) in [4.78, 5) is 30.3. The van der Waals surface area contributed by atoms with E-state index in [9.17, 15) is 14.4 Å². The number of ether oxygens (including phenoxy) is 5. The van der Waals surface area contributed by atoms with Crippen LogP contribution in [-0.4, -0.2) is 90.5 Å². The number of benzene rings is 9. The van der Waals surface area contributed by atoms with E-state index in [2.05, 4.69) is 84.4 Å². The zero-order valence-electron chi connectivity index (χ0n) is 48.2. The van der Waals surface area contributed by atoms with Crippen LogP contribution in [0.5, 0.6) is 34.5 Å². The van der Waals surface area contributed by atoms with Crippen LogP contribution in [0.4, 0.5) is 4.79 Å². The average molecular weight is 1310 g/mol. The summed E-state index contributed by atoms with van der Waals surface area (Å²) in [5, 5.41) is 43.0. The van der Waals surface area contributed by atoms with Crippen LogP contribution in [0.2, 0.25) is 0 Å². The number of aliphatic hydroxyl groups excluding tert-OH is 2. The number of phenolic OH excluding ortho intramolecular Hbond substituents is 3. The zero-order valence-corrected chi connectivity index (χ0v) is 51.4. The number of carbonyl (C=O) groups excluding carboxylic acids is 3. The number of aryl methyl sites for hydroxylation is 3. The summed E-state index contributed by atoms with van der Waals surface area (Å²) in [6, 6.07) is 77.0. The van der Waals surface area contributed by atoms with Gasteiger partial charge in [0.1, 0.15) is 66.9 Å². The van der Waals surface area contributed by atoms with Crippen LogP contribution < -0.4 is 14.2 Å². The molecule has 0 amide bonds. The van der Waals surface area contributed by atoms with Crippen molar-refractivity contribution < 1.29 is 68.3 Å². The van der Waals surface area contributed by atoms with Crippen LogP contribution in [0.15, 0.2) is 258 Å². The fraction of sp³-hybridized carbons (Fsp3) is 0.183. The van der Waals surface area contributed by atoms with E-state index >= 15 is 0 Å². The molecule has 0 aliphatic carbocycles. The van der Waals surface area contributed by atoms with Gasteiger partial charge in [-0.1, -0.05) is 171 Å². The van der Waals surface area contributed by atoms with Gasteiger partial charge in [0.15, 0.2) is 0 Å². The summed E-state index contributed by atoms with van der Waals surface area (Å²) in [6.45, 7) is 7.51. The molecular weight excluding hydrogens is 1240 g/mol. The Morgan fingerprint density at radius 2 is 0.678 bits per heavy atom. The molecule has 5 N–H and O–H groups in total. The molecule has 9 aromatic rings. The van der Waals surface area contributed by atoms with Crippen molar-refractivity contribution in [2.75, 3.05) is 46.2 Å². The molecule has 16 heteroatoms. The van der Waals surface area contributed by atoms with E-state index in [0.717, 1.165) is 89.5 Å². The van der Waals surface area contributed by atoms with Gasteiger partial charge >= 0.3 is 17.5 Å². The SMILES string of the molecule is Brc1ccc(CCCOc2ccccc2)cc1.O=C1OCCO1.O=Cc1ccc(CCCOc2ccccc2)cc1.O=Cc1ccc(O)cc1.OCCCc1ccc(Br)cc1.OCCOc1ccccc1.Oc1ccccc1.Oc1ccccc1.[C-]#[O+]. The van der Waals surface area contributed by atoms with Crippen molar-refractivity contribution in [3.8, 4) is 34.5 Å². The zero-order chi connectivity index (χ0) is 63.2. The first-order chi connectivity index (χ1) is 42.5. The second-order valence-electron chi connectivity index (χ2n) is 17.7. The number of rotatable bonds is 18. The molecule has 0 unspecified atom stereocenters. The molecule has 9 aromatic carbocycles. The van der Waals surface area contributed by atoms with E-state index in [0.29, 0.717) is 43.5 Å². The Balaban J connectivity index is 0.000000347. The quantitative estimate of drug-likeness (QED) is 0.0178. The molecule has 1 aliphatic rings. The molecule has 14 nitrogen and oxygen atoms in total. The van der Waals surface area contributed by atoms with Crippen molar-refractivity contribution in [1.82, 2.24) is 0 Å². The van der Waals surface area contributed by atoms with Crippen LogP contribution >= 0.6 is 31.9 Å². The monoisotopic (exact) mass is 1310 g/mol. The third-order valence-corrected chi connectivity index (χ3v) is 12.0. The van der Waals surface area contributed by atoms with E-state index in [4.69, 9.17) is 44.4 Å². The van der Waals surface area contributed by atoms with Gasteiger partial charge in [-0.3, -0.25) is 9.59 Å². The molecule has 10 rings (SSSR count). The first-order valence-corrected chi connectivity index (χ1v) is 29.1.